The van der Waals surface area contributed by atoms with Gasteiger partial charge >= 0.3 is 0 Å². The summed E-state index contributed by atoms with van der Waals surface area (Å²) in [7, 11) is 0. The molecule has 0 heterocycles. The molecule has 0 aromatic heterocycles. The fraction of sp³-hybridized carbons (Fsp3) is 0.400. The first-order valence-electron chi connectivity index (χ1n) is 4.11. The van der Waals surface area contributed by atoms with Gasteiger partial charge in [-0.25, -0.2) is 0 Å². The fourth-order valence-corrected chi connectivity index (χ4v) is 1.56. The molecule has 11 heavy (non-hydrogen) atoms. The Balaban J connectivity index is 2.16. The van der Waals surface area contributed by atoms with E-state index in [1.54, 1.807) is 0 Å². The van der Waals surface area contributed by atoms with Crippen LogP contribution in [0.25, 0.3) is 0 Å². The standard InChI is InChI=1S/C10H12O/c1-2-11-10-7-8-5-3-4-6-9(8)10/h3-6,10H,2,7H2,1H3. The van der Waals surface area contributed by atoms with Crippen LogP contribution >= 0.6 is 0 Å². The van der Waals surface area contributed by atoms with Gasteiger partial charge in [-0.15, -0.1) is 0 Å². The summed E-state index contributed by atoms with van der Waals surface area (Å²) < 4.78 is 5.50. The maximum Gasteiger partial charge on any atom is 0.0867 e. The lowest BCUT2D eigenvalue weighted by molar-refractivity contribution is 0.0462. The summed E-state index contributed by atoms with van der Waals surface area (Å²) in [5, 5.41) is 0. The molecule has 0 spiro atoms. The molecule has 0 saturated carbocycles. The number of fused-ring (bicyclic) bond motifs is 1. The van der Waals surface area contributed by atoms with E-state index in [1.807, 2.05) is 6.92 Å². The van der Waals surface area contributed by atoms with Crippen LogP contribution in [0, 0.1) is 0 Å². The number of rotatable bonds is 2. The summed E-state index contributed by atoms with van der Waals surface area (Å²) in [4.78, 5) is 0. The molecule has 0 N–H and O–H groups in total. The largest absolute Gasteiger partial charge is 0.373 e. The summed E-state index contributed by atoms with van der Waals surface area (Å²) in [5.41, 5.74) is 2.83. The predicted octanol–water partition coefficient (Wildman–Crippen LogP) is 2.32. The van der Waals surface area contributed by atoms with Crippen LogP contribution in [0.3, 0.4) is 0 Å². The van der Waals surface area contributed by atoms with E-state index in [1.165, 1.54) is 11.1 Å². The van der Waals surface area contributed by atoms with Crippen molar-refractivity contribution < 1.29 is 4.74 Å². The van der Waals surface area contributed by atoms with E-state index >= 15 is 0 Å². The molecule has 0 amide bonds. The van der Waals surface area contributed by atoms with Crippen LogP contribution in [0.1, 0.15) is 24.2 Å². The van der Waals surface area contributed by atoms with E-state index in [-0.39, 0.29) is 0 Å². The Labute approximate surface area is 67.0 Å². The van der Waals surface area contributed by atoms with Crippen molar-refractivity contribution in [3.05, 3.63) is 35.4 Å². The first kappa shape index (κ1) is 6.86. The van der Waals surface area contributed by atoms with Crippen molar-refractivity contribution in [3.63, 3.8) is 0 Å². The zero-order valence-corrected chi connectivity index (χ0v) is 6.71. The second kappa shape index (κ2) is 2.67. The summed E-state index contributed by atoms with van der Waals surface area (Å²) in [6, 6.07) is 8.48. The van der Waals surface area contributed by atoms with Gasteiger partial charge in [-0.05, 0) is 18.1 Å². The van der Waals surface area contributed by atoms with Gasteiger partial charge < -0.3 is 4.74 Å². The first-order valence-corrected chi connectivity index (χ1v) is 4.11. The van der Waals surface area contributed by atoms with Crippen molar-refractivity contribution in [2.24, 2.45) is 0 Å². The number of hydrogen-bond donors (Lipinski definition) is 0. The van der Waals surface area contributed by atoms with Crippen LogP contribution in [0.15, 0.2) is 24.3 Å². The Hall–Kier alpha value is -0.820. The Bertz CT molecular complexity index is 255. The second-order valence-corrected chi connectivity index (χ2v) is 2.85. The molecule has 0 radical (unpaired) electrons. The summed E-state index contributed by atoms with van der Waals surface area (Å²) in [6.45, 7) is 2.86. The lowest BCUT2D eigenvalue weighted by Gasteiger charge is -2.29. The molecule has 0 fully saturated rings. The van der Waals surface area contributed by atoms with Gasteiger partial charge in [0.1, 0.15) is 0 Å². The summed E-state index contributed by atoms with van der Waals surface area (Å²) in [5.74, 6) is 0. The molecule has 0 saturated heterocycles. The lowest BCUT2D eigenvalue weighted by Crippen LogP contribution is -2.19. The smallest absolute Gasteiger partial charge is 0.0867 e. The van der Waals surface area contributed by atoms with Crippen molar-refractivity contribution in [2.75, 3.05) is 6.61 Å². The Morgan fingerprint density at radius 3 is 3.00 bits per heavy atom. The van der Waals surface area contributed by atoms with Gasteiger partial charge in [-0.2, -0.15) is 0 Å². The molecule has 1 nitrogen and oxygen atoms in total. The van der Waals surface area contributed by atoms with Crippen LogP contribution in [0.4, 0.5) is 0 Å². The quantitative estimate of drug-likeness (QED) is 0.625. The van der Waals surface area contributed by atoms with Gasteiger partial charge in [0, 0.05) is 13.0 Å². The minimum absolute atomic E-state index is 0.385. The zero-order valence-electron chi connectivity index (χ0n) is 6.71. The van der Waals surface area contributed by atoms with Gasteiger partial charge in [-0.3, -0.25) is 0 Å². The molecule has 1 heteroatoms. The highest BCUT2D eigenvalue weighted by molar-refractivity contribution is 5.37. The van der Waals surface area contributed by atoms with Gasteiger partial charge in [0.05, 0.1) is 6.10 Å². The van der Waals surface area contributed by atoms with E-state index in [4.69, 9.17) is 4.74 Å². The zero-order chi connectivity index (χ0) is 7.68. The molecule has 58 valence electrons. The average molecular weight is 148 g/mol. The molecule has 2 rings (SSSR count). The third-order valence-electron chi connectivity index (χ3n) is 2.18. The van der Waals surface area contributed by atoms with Crippen molar-refractivity contribution in [3.8, 4) is 0 Å². The van der Waals surface area contributed by atoms with Crippen LogP contribution in [0.5, 0.6) is 0 Å². The van der Waals surface area contributed by atoms with E-state index in [2.05, 4.69) is 24.3 Å². The molecule has 0 bridgehead atoms. The first-order chi connectivity index (χ1) is 5.42. The second-order valence-electron chi connectivity index (χ2n) is 2.85. The molecule has 1 atom stereocenters. The topological polar surface area (TPSA) is 9.23 Å². The molecule has 0 aliphatic heterocycles. The van der Waals surface area contributed by atoms with Crippen molar-refractivity contribution in [1.82, 2.24) is 0 Å². The average Bonchev–Trinajstić information content (AvgIpc) is 2.01. The van der Waals surface area contributed by atoms with Crippen molar-refractivity contribution in [1.29, 1.82) is 0 Å². The highest BCUT2D eigenvalue weighted by Gasteiger charge is 2.24. The molecular weight excluding hydrogens is 136 g/mol. The molecule has 1 aromatic rings. The minimum atomic E-state index is 0.385. The van der Waals surface area contributed by atoms with E-state index < -0.39 is 0 Å². The molecular formula is C10H12O. The van der Waals surface area contributed by atoms with E-state index in [0.717, 1.165) is 13.0 Å². The highest BCUT2D eigenvalue weighted by atomic mass is 16.5. The Morgan fingerprint density at radius 1 is 1.45 bits per heavy atom. The third kappa shape index (κ3) is 1.05. The van der Waals surface area contributed by atoms with Crippen molar-refractivity contribution in [2.45, 2.75) is 19.4 Å². The summed E-state index contributed by atoms with van der Waals surface area (Å²) >= 11 is 0. The van der Waals surface area contributed by atoms with Gasteiger partial charge in [0.2, 0.25) is 0 Å². The maximum atomic E-state index is 5.50. The number of benzene rings is 1. The highest BCUT2D eigenvalue weighted by Crippen LogP contribution is 2.35. The third-order valence-corrected chi connectivity index (χ3v) is 2.18. The fourth-order valence-electron chi connectivity index (χ4n) is 1.56. The Morgan fingerprint density at radius 2 is 2.27 bits per heavy atom. The Kier molecular flexibility index (Phi) is 1.66. The minimum Gasteiger partial charge on any atom is -0.373 e. The lowest BCUT2D eigenvalue weighted by atomic mass is 9.85. The molecule has 1 aliphatic rings. The molecule has 1 aliphatic carbocycles. The van der Waals surface area contributed by atoms with E-state index in [0.29, 0.717) is 6.10 Å². The van der Waals surface area contributed by atoms with Crippen LogP contribution < -0.4 is 0 Å². The number of hydrogen-bond acceptors (Lipinski definition) is 1. The maximum absolute atomic E-state index is 5.50. The van der Waals surface area contributed by atoms with Gasteiger partial charge in [0.25, 0.3) is 0 Å². The predicted molar refractivity (Wildman–Crippen MR) is 44.5 cm³/mol. The molecule has 1 aromatic carbocycles. The van der Waals surface area contributed by atoms with Crippen LogP contribution in [-0.4, -0.2) is 6.61 Å². The van der Waals surface area contributed by atoms with Crippen LogP contribution in [-0.2, 0) is 11.2 Å². The monoisotopic (exact) mass is 148 g/mol. The number of ether oxygens (including phenoxy) is 1. The van der Waals surface area contributed by atoms with Gasteiger partial charge in [-0.1, -0.05) is 24.3 Å². The van der Waals surface area contributed by atoms with Crippen molar-refractivity contribution >= 4 is 0 Å². The SMILES string of the molecule is CCOC1Cc2ccccc21. The normalized spacial score (nSPS) is 20.6. The summed E-state index contributed by atoms with van der Waals surface area (Å²) in [6.07, 6.45) is 1.49. The van der Waals surface area contributed by atoms with Gasteiger partial charge in [0.15, 0.2) is 0 Å². The van der Waals surface area contributed by atoms with E-state index in [9.17, 15) is 0 Å². The van der Waals surface area contributed by atoms with Crippen LogP contribution in [0.2, 0.25) is 0 Å². The molecule has 1 unspecified atom stereocenters.